The van der Waals surface area contributed by atoms with Crippen LogP contribution in [0, 0.1) is 18.9 Å². The molecule has 1 aliphatic carbocycles. The number of rotatable bonds is 8. The Balaban J connectivity index is 0.00000450. The fraction of sp³-hybridized carbons (Fsp3) is 0.222. The molecule has 0 heterocycles. The van der Waals surface area contributed by atoms with E-state index in [1.807, 2.05) is 56.1 Å². The molecule has 1 N–H and O–H groups in total. The molecular formula is C27H33KN3-. The summed E-state index contributed by atoms with van der Waals surface area (Å²) in [7, 11) is 0. The molecule has 0 fully saturated rings. The van der Waals surface area contributed by atoms with Gasteiger partial charge in [-0.2, -0.15) is 16.4 Å². The molecule has 0 amide bonds. The quantitative estimate of drug-likeness (QED) is 0.288. The molecular weight excluding hydrogens is 405 g/mol. The number of nitrogens with zero attached hydrogens (tertiary/aromatic N) is 2. The summed E-state index contributed by atoms with van der Waals surface area (Å²) in [4.78, 5) is 0. The summed E-state index contributed by atoms with van der Waals surface area (Å²) in [6.45, 7) is 14.4. The zero-order chi connectivity index (χ0) is 21.2. The third-order valence-corrected chi connectivity index (χ3v) is 4.75. The van der Waals surface area contributed by atoms with Gasteiger partial charge in [0.2, 0.25) is 0 Å². The third-order valence-electron chi connectivity index (χ3n) is 4.75. The van der Waals surface area contributed by atoms with Crippen molar-refractivity contribution in [2.24, 2.45) is 5.10 Å². The van der Waals surface area contributed by atoms with Gasteiger partial charge in [0.25, 0.3) is 0 Å². The molecule has 4 heteroatoms. The summed E-state index contributed by atoms with van der Waals surface area (Å²) in [5.74, 6) is 0. The fourth-order valence-electron chi connectivity index (χ4n) is 3.19. The Labute approximate surface area is 231 Å². The third kappa shape index (κ3) is 8.47. The maximum Gasteiger partial charge on any atom is 1.00 e. The second kappa shape index (κ2) is 15.3. The second-order valence-corrected chi connectivity index (χ2v) is 6.86. The molecule has 0 saturated heterocycles. The molecule has 158 valence electrons. The van der Waals surface area contributed by atoms with Crippen LogP contribution in [-0.4, -0.2) is 24.0 Å². The summed E-state index contributed by atoms with van der Waals surface area (Å²) in [5, 5.41) is 16.6. The molecule has 0 aliphatic heterocycles. The summed E-state index contributed by atoms with van der Waals surface area (Å²) >= 11 is 0. The molecule has 0 saturated carbocycles. The van der Waals surface area contributed by atoms with E-state index in [0.29, 0.717) is 12.3 Å². The second-order valence-electron chi connectivity index (χ2n) is 6.86. The van der Waals surface area contributed by atoms with Crippen LogP contribution >= 0.6 is 0 Å². The molecule has 0 aromatic heterocycles. The van der Waals surface area contributed by atoms with Gasteiger partial charge in [0, 0.05) is 6.72 Å². The van der Waals surface area contributed by atoms with Gasteiger partial charge in [-0.15, -0.1) is 17.9 Å². The van der Waals surface area contributed by atoms with Crippen LogP contribution in [0.15, 0.2) is 70.9 Å². The zero-order valence-corrected chi connectivity index (χ0v) is 22.8. The first kappa shape index (κ1) is 29.4. The Morgan fingerprint density at radius 1 is 1.29 bits per heavy atom. The molecule has 3 nitrogen and oxygen atoms in total. The van der Waals surface area contributed by atoms with Crippen LogP contribution < -0.4 is 61.8 Å². The minimum Gasteiger partial charge on any atom is -0.358 e. The number of benzene rings is 1. The Bertz CT molecular complexity index is 1020. The van der Waals surface area contributed by atoms with Crippen molar-refractivity contribution >= 4 is 30.8 Å². The van der Waals surface area contributed by atoms with Gasteiger partial charge in [-0.25, -0.2) is 6.08 Å². The number of nitrogens with one attached hydrogen (secondary N) is 1. The molecule has 2 rings (SSSR count). The smallest absolute Gasteiger partial charge is 0.358 e. The first-order valence-corrected chi connectivity index (χ1v) is 9.87. The van der Waals surface area contributed by atoms with E-state index in [0.717, 1.165) is 40.1 Å². The van der Waals surface area contributed by atoms with Crippen LogP contribution in [0.3, 0.4) is 0 Å². The molecule has 0 atom stereocenters. The van der Waals surface area contributed by atoms with Crippen molar-refractivity contribution in [2.75, 3.05) is 6.54 Å². The van der Waals surface area contributed by atoms with E-state index in [1.54, 1.807) is 6.08 Å². The van der Waals surface area contributed by atoms with E-state index in [2.05, 4.69) is 48.8 Å². The molecule has 0 unspecified atom stereocenters. The predicted molar refractivity (Wildman–Crippen MR) is 133 cm³/mol. The van der Waals surface area contributed by atoms with Crippen molar-refractivity contribution in [3.8, 4) is 0 Å². The number of hydrogen-bond acceptors (Lipinski definition) is 3. The van der Waals surface area contributed by atoms with E-state index in [1.165, 1.54) is 5.57 Å². The van der Waals surface area contributed by atoms with E-state index in [-0.39, 0.29) is 58.8 Å². The van der Waals surface area contributed by atoms with Gasteiger partial charge in [-0.3, -0.25) is 11.1 Å². The molecule has 0 radical (unpaired) electrons. The molecule has 1 aromatic carbocycles. The number of hydrogen-bond donors (Lipinski definition) is 1. The van der Waals surface area contributed by atoms with Gasteiger partial charge in [-0.1, -0.05) is 43.4 Å². The normalized spacial score (nSPS) is 14.5. The Morgan fingerprint density at radius 3 is 2.61 bits per heavy atom. The largest absolute Gasteiger partial charge is 1.00 e. The van der Waals surface area contributed by atoms with Crippen LogP contribution in [0.25, 0.3) is 18.4 Å². The Kier molecular flexibility index (Phi) is 14.5. The maximum atomic E-state index is 8.47. The predicted octanol–water partition coefficient (Wildman–Crippen LogP) is 2.23. The standard InChI is InChI=1S/C26H30N3.CH3.K/c1-6-8-15-23-18-24(17-16-20(23)3)26(21(4)25(27)12-7-2)29(28-5)19-22-13-10-9-11-14-22;;/h6-7,10,12-18,27H,3,5,9,11,19H2,1-2,4H3;1H3;/q2*-1;+1/b12-7-,23-15-,26-21+,27-25?;;. The van der Waals surface area contributed by atoms with Crippen molar-refractivity contribution < 1.29 is 51.4 Å². The fourth-order valence-corrected chi connectivity index (χ4v) is 3.19. The number of hydrazone groups is 1. The van der Waals surface area contributed by atoms with Crippen LogP contribution in [0.5, 0.6) is 0 Å². The minimum absolute atomic E-state index is 0. The van der Waals surface area contributed by atoms with Gasteiger partial charge < -0.3 is 12.8 Å². The van der Waals surface area contributed by atoms with Gasteiger partial charge in [0.1, 0.15) is 0 Å². The Morgan fingerprint density at radius 2 is 2.03 bits per heavy atom. The van der Waals surface area contributed by atoms with Crippen molar-refractivity contribution in [3.63, 3.8) is 0 Å². The Hall–Kier alpha value is -1.56. The molecule has 0 spiro atoms. The van der Waals surface area contributed by atoms with Crippen LogP contribution in [0.2, 0.25) is 0 Å². The average Bonchev–Trinajstić information content (AvgIpc) is 2.74. The molecule has 31 heavy (non-hydrogen) atoms. The first-order valence-electron chi connectivity index (χ1n) is 9.87. The van der Waals surface area contributed by atoms with E-state index in [4.69, 9.17) is 5.41 Å². The van der Waals surface area contributed by atoms with Crippen molar-refractivity contribution in [1.29, 1.82) is 5.41 Å². The van der Waals surface area contributed by atoms with Gasteiger partial charge in [0.15, 0.2) is 0 Å². The first-order chi connectivity index (χ1) is 14.0. The zero-order valence-electron chi connectivity index (χ0n) is 19.7. The van der Waals surface area contributed by atoms with E-state index >= 15 is 0 Å². The van der Waals surface area contributed by atoms with E-state index < -0.39 is 0 Å². The van der Waals surface area contributed by atoms with Crippen molar-refractivity contribution in [2.45, 2.75) is 33.6 Å². The number of allylic oxidation sites excluding steroid dienone is 7. The van der Waals surface area contributed by atoms with Crippen molar-refractivity contribution in [3.05, 3.63) is 95.3 Å². The van der Waals surface area contributed by atoms with Gasteiger partial charge >= 0.3 is 51.4 Å². The summed E-state index contributed by atoms with van der Waals surface area (Å²) < 4.78 is 0. The minimum atomic E-state index is 0. The summed E-state index contributed by atoms with van der Waals surface area (Å²) in [6.07, 6.45) is 19.3. The maximum absolute atomic E-state index is 8.47. The monoisotopic (exact) mass is 438 g/mol. The molecule has 1 aromatic rings. The van der Waals surface area contributed by atoms with E-state index in [9.17, 15) is 0 Å². The summed E-state index contributed by atoms with van der Waals surface area (Å²) in [5.41, 5.74) is 4.34. The van der Waals surface area contributed by atoms with Crippen LogP contribution in [0.4, 0.5) is 0 Å². The molecule has 1 aliphatic rings. The van der Waals surface area contributed by atoms with Gasteiger partial charge in [0.05, 0.1) is 18.0 Å². The SMILES string of the molecule is C=NN(CC1=CCCC=C1)/C(=C(\C)C(=N)/C=C\C)c1ccc(=C)/c(=C\[C-]=CC)c1.[CH3-].[K+]. The van der Waals surface area contributed by atoms with Gasteiger partial charge in [-0.05, 0) is 49.5 Å². The van der Waals surface area contributed by atoms with Crippen LogP contribution in [0.1, 0.15) is 39.2 Å². The topological polar surface area (TPSA) is 39.5 Å². The average molecular weight is 439 g/mol. The van der Waals surface area contributed by atoms with Crippen LogP contribution in [-0.2, 0) is 0 Å². The van der Waals surface area contributed by atoms with Crippen molar-refractivity contribution in [1.82, 2.24) is 5.01 Å². The molecule has 0 bridgehead atoms. The summed E-state index contributed by atoms with van der Waals surface area (Å²) in [6, 6.07) is 6.09.